The van der Waals surface area contributed by atoms with E-state index in [1.807, 2.05) is 19.1 Å². The third-order valence-electron chi connectivity index (χ3n) is 3.55. The molecule has 5 heteroatoms. The summed E-state index contributed by atoms with van der Waals surface area (Å²) in [6.45, 7) is 1.81. The zero-order valence-electron chi connectivity index (χ0n) is 10.9. The minimum absolute atomic E-state index is 0.138. The van der Waals surface area contributed by atoms with Crippen molar-refractivity contribution in [3.63, 3.8) is 0 Å². The van der Waals surface area contributed by atoms with Crippen LogP contribution in [0.15, 0.2) is 42.6 Å². The highest BCUT2D eigenvalue weighted by Crippen LogP contribution is 2.35. The second kappa shape index (κ2) is 4.52. The summed E-state index contributed by atoms with van der Waals surface area (Å²) in [5.74, 6) is -0.567. The number of hydrogen-bond donors (Lipinski definition) is 0. The fraction of sp³-hybridized carbons (Fsp3) is 0.200. The molecule has 0 spiro atoms. The quantitative estimate of drug-likeness (QED) is 0.807. The van der Waals surface area contributed by atoms with Crippen LogP contribution in [0.4, 0.5) is 0 Å². The van der Waals surface area contributed by atoms with Gasteiger partial charge in [-0.2, -0.15) is 0 Å². The summed E-state index contributed by atoms with van der Waals surface area (Å²) in [4.78, 5) is 16.6. The Hall–Kier alpha value is -2.01. The summed E-state index contributed by atoms with van der Waals surface area (Å²) >= 11 is 0. The van der Waals surface area contributed by atoms with Crippen LogP contribution >= 0.6 is 0 Å². The maximum Gasteiger partial charge on any atom is 0.204 e. The van der Waals surface area contributed by atoms with Crippen LogP contribution in [0.3, 0.4) is 0 Å². The monoisotopic (exact) mass is 287 g/mol. The fourth-order valence-corrected chi connectivity index (χ4v) is 4.50. The van der Waals surface area contributed by atoms with E-state index in [2.05, 4.69) is 4.98 Å². The van der Waals surface area contributed by atoms with Gasteiger partial charge in [-0.15, -0.1) is 0 Å². The van der Waals surface area contributed by atoms with E-state index in [1.54, 1.807) is 24.3 Å². The number of nitrogens with zero attached hydrogens (tertiary/aromatic N) is 1. The SMILES string of the molecule is Cc1ccccc1C1C(=O)c2ncccc2CS1(=O)=O. The van der Waals surface area contributed by atoms with Crippen LogP contribution in [0.2, 0.25) is 0 Å². The van der Waals surface area contributed by atoms with E-state index in [0.29, 0.717) is 11.1 Å². The molecule has 1 aromatic heterocycles. The first-order valence-electron chi connectivity index (χ1n) is 6.26. The van der Waals surface area contributed by atoms with Crippen molar-refractivity contribution in [1.82, 2.24) is 4.98 Å². The standard InChI is InChI=1S/C15H13NO3S/c1-10-5-2-3-7-12(10)15-14(17)13-11(6-4-8-16-13)9-20(15,18)19/h2-8,15H,9H2,1H3. The van der Waals surface area contributed by atoms with Crippen LogP contribution in [-0.2, 0) is 15.6 Å². The molecule has 0 bridgehead atoms. The highest BCUT2D eigenvalue weighted by molar-refractivity contribution is 7.91. The predicted molar refractivity (Wildman–Crippen MR) is 75.1 cm³/mol. The Morgan fingerprint density at radius 3 is 2.65 bits per heavy atom. The lowest BCUT2D eigenvalue weighted by atomic mass is 9.99. The zero-order chi connectivity index (χ0) is 14.3. The van der Waals surface area contributed by atoms with Crippen molar-refractivity contribution < 1.29 is 13.2 Å². The first kappa shape index (κ1) is 13.0. The number of carbonyl (C=O) groups is 1. The van der Waals surface area contributed by atoms with Crippen molar-refractivity contribution in [2.24, 2.45) is 0 Å². The number of sulfone groups is 1. The molecule has 1 unspecified atom stereocenters. The lowest BCUT2D eigenvalue weighted by Gasteiger charge is -2.24. The number of rotatable bonds is 1. The predicted octanol–water partition coefficient (Wildman–Crippen LogP) is 2.24. The molecule has 1 aliphatic heterocycles. The van der Waals surface area contributed by atoms with Crippen LogP contribution < -0.4 is 0 Å². The Balaban J connectivity index is 2.22. The Kier molecular flexibility index (Phi) is 2.94. The van der Waals surface area contributed by atoms with Crippen LogP contribution in [-0.4, -0.2) is 19.2 Å². The number of pyridine rings is 1. The Morgan fingerprint density at radius 1 is 1.15 bits per heavy atom. The van der Waals surface area contributed by atoms with Crippen LogP contribution in [0, 0.1) is 6.92 Å². The molecular formula is C15H13NO3S. The van der Waals surface area contributed by atoms with E-state index >= 15 is 0 Å². The van der Waals surface area contributed by atoms with Crippen LogP contribution in [0.5, 0.6) is 0 Å². The highest BCUT2D eigenvalue weighted by Gasteiger charge is 2.41. The lowest BCUT2D eigenvalue weighted by molar-refractivity contribution is 0.0978. The first-order chi connectivity index (χ1) is 9.50. The van der Waals surface area contributed by atoms with Crippen molar-refractivity contribution in [1.29, 1.82) is 0 Å². The third-order valence-corrected chi connectivity index (χ3v) is 5.45. The number of hydrogen-bond acceptors (Lipinski definition) is 4. The van der Waals surface area contributed by atoms with Crippen molar-refractivity contribution in [2.75, 3.05) is 0 Å². The second-order valence-electron chi connectivity index (χ2n) is 4.92. The van der Waals surface area contributed by atoms with E-state index in [4.69, 9.17) is 0 Å². The summed E-state index contributed by atoms with van der Waals surface area (Å²) in [6, 6.07) is 10.4. The molecule has 0 saturated heterocycles. The fourth-order valence-electron chi connectivity index (χ4n) is 2.58. The van der Waals surface area contributed by atoms with Gasteiger partial charge in [-0.3, -0.25) is 9.78 Å². The number of aromatic nitrogens is 1. The molecule has 0 amide bonds. The smallest absolute Gasteiger partial charge is 0.204 e. The minimum Gasteiger partial charge on any atom is -0.291 e. The number of benzene rings is 1. The molecule has 0 saturated carbocycles. The van der Waals surface area contributed by atoms with Gasteiger partial charge in [0.2, 0.25) is 5.78 Å². The molecule has 1 aliphatic rings. The van der Waals surface area contributed by atoms with Gasteiger partial charge in [0, 0.05) is 6.20 Å². The van der Waals surface area contributed by atoms with Crippen molar-refractivity contribution in [3.05, 3.63) is 65.0 Å². The summed E-state index contributed by atoms with van der Waals surface area (Å²) in [7, 11) is -3.55. The van der Waals surface area contributed by atoms with Gasteiger partial charge in [-0.25, -0.2) is 8.42 Å². The molecule has 102 valence electrons. The maximum absolute atomic E-state index is 12.5. The summed E-state index contributed by atoms with van der Waals surface area (Å²) in [6.07, 6.45) is 1.52. The molecule has 20 heavy (non-hydrogen) atoms. The van der Waals surface area contributed by atoms with Gasteiger partial charge in [-0.1, -0.05) is 30.3 Å². The van der Waals surface area contributed by atoms with Gasteiger partial charge in [-0.05, 0) is 29.7 Å². The molecule has 0 aliphatic carbocycles. The normalized spacial score (nSPS) is 20.4. The van der Waals surface area contributed by atoms with Gasteiger partial charge < -0.3 is 0 Å². The van der Waals surface area contributed by atoms with Gasteiger partial charge in [0.15, 0.2) is 15.1 Å². The summed E-state index contributed by atoms with van der Waals surface area (Å²) in [5.41, 5.74) is 2.11. The topological polar surface area (TPSA) is 64.1 Å². The summed E-state index contributed by atoms with van der Waals surface area (Å²) in [5, 5.41) is -1.13. The molecule has 0 radical (unpaired) electrons. The largest absolute Gasteiger partial charge is 0.291 e. The molecule has 0 fully saturated rings. The molecule has 0 N–H and O–H groups in total. The van der Waals surface area contributed by atoms with Gasteiger partial charge in [0.05, 0.1) is 5.75 Å². The number of Topliss-reactive ketones (excluding diaryl/α,β-unsaturated/α-hetero) is 1. The van der Waals surface area contributed by atoms with E-state index in [9.17, 15) is 13.2 Å². The number of fused-ring (bicyclic) bond motifs is 1. The number of carbonyl (C=O) groups excluding carboxylic acids is 1. The zero-order valence-corrected chi connectivity index (χ0v) is 11.7. The number of ketones is 1. The third kappa shape index (κ3) is 1.94. The average molecular weight is 287 g/mol. The van der Waals surface area contributed by atoms with E-state index < -0.39 is 20.9 Å². The van der Waals surface area contributed by atoms with Crippen molar-refractivity contribution >= 4 is 15.6 Å². The lowest BCUT2D eigenvalue weighted by Crippen LogP contribution is -2.31. The molecule has 1 atom stereocenters. The maximum atomic E-state index is 12.5. The number of aryl methyl sites for hydroxylation is 1. The Labute approximate surface area is 117 Å². The molecule has 3 rings (SSSR count). The Bertz CT molecular complexity index is 796. The van der Waals surface area contributed by atoms with Crippen molar-refractivity contribution in [3.8, 4) is 0 Å². The molecule has 2 heterocycles. The second-order valence-corrected chi connectivity index (χ2v) is 7.01. The highest BCUT2D eigenvalue weighted by atomic mass is 32.2. The van der Waals surface area contributed by atoms with Gasteiger partial charge in [0.1, 0.15) is 5.69 Å². The van der Waals surface area contributed by atoms with Crippen molar-refractivity contribution in [2.45, 2.75) is 17.9 Å². The van der Waals surface area contributed by atoms with E-state index in [-0.39, 0.29) is 11.4 Å². The van der Waals surface area contributed by atoms with Crippen LogP contribution in [0.1, 0.15) is 32.4 Å². The first-order valence-corrected chi connectivity index (χ1v) is 7.97. The minimum atomic E-state index is -3.55. The average Bonchev–Trinajstić information content (AvgIpc) is 2.40. The summed E-state index contributed by atoms with van der Waals surface area (Å²) < 4.78 is 24.9. The molecule has 4 nitrogen and oxygen atoms in total. The molecule has 1 aromatic carbocycles. The molecular weight excluding hydrogens is 274 g/mol. The van der Waals surface area contributed by atoms with E-state index in [0.717, 1.165) is 5.56 Å². The van der Waals surface area contributed by atoms with Gasteiger partial charge in [0.25, 0.3) is 0 Å². The van der Waals surface area contributed by atoms with Crippen LogP contribution in [0.25, 0.3) is 0 Å². The molecule has 2 aromatic rings. The van der Waals surface area contributed by atoms with Gasteiger partial charge >= 0.3 is 0 Å². The van der Waals surface area contributed by atoms with E-state index in [1.165, 1.54) is 6.20 Å². The Morgan fingerprint density at radius 2 is 1.90 bits per heavy atom.